The van der Waals surface area contributed by atoms with Crippen LogP contribution in [0.25, 0.3) is 0 Å². The van der Waals surface area contributed by atoms with Crippen LogP contribution in [0.2, 0.25) is 0 Å². The number of esters is 2. The van der Waals surface area contributed by atoms with Gasteiger partial charge in [0, 0.05) is 0 Å². The molecule has 0 aliphatic carbocycles. The van der Waals surface area contributed by atoms with E-state index in [1.54, 1.807) is 13.8 Å². The molecule has 7 nitrogen and oxygen atoms in total. The van der Waals surface area contributed by atoms with E-state index in [9.17, 15) is 19.8 Å². The first-order chi connectivity index (χ1) is 17.2. The normalized spacial score (nSPS) is 12.9. The molecule has 0 rings (SSSR count). The van der Waals surface area contributed by atoms with E-state index in [1.807, 2.05) is 6.92 Å². The van der Waals surface area contributed by atoms with Gasteiger partial charge in [-0.2, -0.15) is 0 Å². The zero-order valence-corrected chi connectivity index (χ0v) is 25.0. The number of carbonyl (C=O) groups is 2. The molecule has 0 saturated carbocycles. The van der Waals surface area contributed by atoms with Gasteiger partial charge in [-0.1, -0.05) is 0 Å². The summed E-state index contributed by atoms with van der Waals surface area (Å²) in [6.07, 6.45) is 4.86. The van der Waals surface area contributed by atoms with Crippen molar-refractivity contribution in [1.29, 1.82) is 0 Å². The first kappa shape index (κ1) is 35.0. The van der Waals surface area contributed by atoms with Crippen LogP contribution >= 0.6 is 7.26 Å². The van der Waals surface area contributed by atoms with Crippen molar-refractivity contribution in [3.8, 4) is 0 Å². The number of carbonyl (C=O) groups excluding carboxylic acids is 2. The third kappa shape index (κ3) is 15.1. The number of aliphatic hydroxyl groups excluding tert-OH is 2. The van der Waals surface area contributed by atoms with Gasteiger partial charge < -0.3 is 0 Å². The van der Waals surface area contributed by atoms with Crippen molar-refractivity contribution in [2.45, 2.75) is 73.6 Å². The molecule has 0 amide bonds. The first-order valence-electron chi connectivity index (χ1n) is 13.1. The Morgan fingerprint density at radius 1 is 0.757 bits per heavy atom. The van der Waals surface area contributed by atoms with Crippen LogP contribution in [0.5, 0.6) is 0 Å². The zero-order chi connectivity index (χ0) is 28.6. The quantitative estimate of drug-likeness (QED) is 0.0538. The average Bonchev–Trinajstić information content (AvgIpc) is 2.83. The van der Waals surface area contributed by atoms with Crippen molar-refractivity contribution >= 4 is 19.2 Å². The second-order valence-electron chi connectivity index (χ2n) is 11.2. The van der Waals surface area contributed by atoms with Gasteiger partial charge in [-0.05, 0) is 0 Å². The average molecular weight is 543 g/mol. The number of hydrogen-bond acceptors (Lipinski definition) is 7. The SMILES string of the molecule is C=C(C)C(=O)OCCCC(=C)/C(OCC[PH](CO)(CO)CCC(C)(C)C)=C(\C)CCCOC(=O)C(=C)C. The first-order valence-corrected chi connectivity index (χ1v) is 15.9. The van der Waals surface area contributed by atoms with Gasteiger partial charge in [0.05, 0.1) is 0 Å². The van der Waals surface area contributed by atoms with E-state index < -0.39 is 19.2 Å². The second-order valence-corrected chi connectivity index (χ2v) is 15.9. The summed E-state index contributed by atoms with van der Waals surface area (Å²) in [4.78, 5) is 23.2. The van der Waals surface area contributed by atoms with E-state index in [4.69, 9.17) is 14.2 Å². The molecule has 0 spiro atoms. The van der Waals surface area contributed by atoms with Gasteiger partial charge in [0.2, 0.25) is 0 Å². The molecule has 0 unspecified atom stereocenters. The number of ether oxygens (including phenoxy) is 3. The summed E-state index contributed by atoms with van der Waals surface area (Å²) in [6, 6.07) is 0. The van der Waals surface area contributed by atoms with E-state index in [2.05, 4.69) is 40.5 Å². The fourth-order valence-corrected chi connectivity index (χ4v) is 6.25. The number of hydrogen-bond donors (Lipinski definition) is 2. The van der Waals surface area contributed by atoms with Crippen molar-refractivity contribution < 1.29 is 34.0 Å². The Balaban J connectivity index is 5.29. The van der Waals surface area contributed by atoms with E-state index in [-0.39, 0.29) is 31.3 Å². The summed E-state index contributed by atoms with van der Waals surface area (Å²) in [6.45, 7) is 23.9. The van der Waals surface area contributed by atoms with Crippen LogP contribution in [-0.2, 0) is 23.8 Å². The molecule has 8 heteroatoms. The molecule has 37 heavy (non-hydrogen) atoms. The predicted molar refractivity (Wildman–Crippen MR) is 154 cm³/mol. The molecule has 0 aliphatic rings. The van der Waals surface area contributed by atoms with E-state index in [1.165, 1.54) is 0 Å². The molecule has 0 fully saturated rings. The fourth-order valence-electron chi connectivity index (χ4n) is 3.45. The van der Waals surface area contributed by atoms with Crippen LogP contribution < -0.4 is 0 Å². The predicted octanol–water partition coefficient (Wildman–Crippen LogP) is 5.72. The van der Waals surface area contributed by atoms with Crippen molar-refractivity contribution in [2.75, 3.05) is 44.8 Å². The zero-order valence-electron chi connectivity index (χ0n) is 24.0. The summed E-state index contributed by atoms with van der Waals surface area (Å²) in [7, 11) is -2.30. The summed E-state index contributed by atoms with van der Waals surface area (Å²) in [5.41, 5.74) is 2.62. The van der Waals surface area contributed by atoms with E-state index in [0.29, 0.717) is 55.4 Å². The Bertz CT molecular complexity index is 817. The molecule has 0 aromatic carbocycles. The van der Waals surface area contributed by atoms with Crippen molar-refractivity contribution in [1.82, 2.24) is 0 Å². The van der Waals surface area contributed by atoms with Crippen LogP contribution in [0.4, 0.5) is 0 Å². The summed E-state index contributed by atoms with van der Waals surface area (Å²) < 4.78 is 16.6. The number of allylic oxidation sites excluding steroid dienone is 2. The van der Waals surface area contributed by atoms with Crippen molar-refractivity contribution in [3.63, 3.8) is 0 Å². The molecule has 0 bridgehead atoms. The minimum absolute atomic E-state index is 0.0179. The molecule has 0 heterocycles. The second kappa shape index (κ2) is 17.5. The summed E-state index contributed by atoms with van der Waals surface area (Å²) >= 11 is 0. The molecule has 214 valence electrons. The minimum atomic E-state index is -2.30. The standard InChI is InChI=1S/C29H51O7P/c1-22(2)27(32)35-15-10-12-24(5)26(25(6)13-11-16-36-28(33)23(3)4)34-17-19-37(20-30,21-31)18-14-29(7,8)9/h30-31,37H,1,3,5,10-21H2,2,4,6-9H3/b26-25-. The molecule has 0 radical (unpaired) electrons. The topological polar surface area (TPSA) is 102 Å². The molecule has 0 saturated heterocycles. The van der Waals surface area contributed by atoms with Gasteiger partial charge in [-0.15, -0.1) is 0 Å². The molecule has 2 N–H and O–H groups in total. The molecule has 0 aromatic rings. The van der Waals surface area contributed by atoms with Gasteiger partial charge in [0.1, 0.15) is 0 Å². The molecular formula is C29H51O7P. The number of rotatable bonds is 19. The van der Waals surface area contributed by atoms with Crippen molar-refractivity contribution in [2.24, 2.45) is 5.41 Å². The third-order valence-electron chi connectivity index (χ3n) is 6.15. The van der Waals surface area contributed by atoms with E-state index >= 15 is 0 Å². The summed E-state index contributed by atoms with van der Waals surface area (Å²) in [5.74, 6) is -0.133. The van der Waals surface area contributed by atoms with Gasteiger partial charge in [0.25, 0.3) is 0 Å². The molecule has 0 aliphatic heterocycles. The monoisotopic (exact) mass is 542 g/mol. The maximum atomic E-state index is 11.6. The van der Waals surface area contributed by atoms with E-state index in [0.717, 1.165) is 23.7 Å². The summed E-state index contributed by atoms with van der Waals surface area (Å²) in [5, 5.41) is 20.3. The van der Waals surface area contributed by atoms with Gasteiger partial charge in [-0.25, -0.2) is 0 Å². The number of aliphatic hydroxyl groups is 2. The van der Waals surface area contributed by atoms with Crippen molar-refractivity contribution in [3.05, 3.63) is 47.8 Å². The van der Waals surface area contributed by atoms with Gasteiger partial charge in [-0.3, -0.25) is 0 Å². The van der Waals surface area contributed by atoms with Gasteiger partial charge >= 0.3 is 225 Å². The van der Waals surface area contributed by atoms with Crippen LogP contribution in [0.1, 0.15) is 73.6 Å². The Labute approximate surface area is 225 Å². The molecule has 0 atom stereocenters. The van der Waals surface area contributed by atoms with Crippen LogP contribution in [0, 0.1) is 5.41 Å². The van der Waals surface area contributed by atoms with Crippen LogP contribution in [0.3, 0.4) is 0 Å². The Morgan fingerprint density at radius 2 is 1.24 bits per heavy atom. The maximum absolute atomic E-state index is 11.6. The van der Waals surface area contributed by atoms with Crippen LogP contribution in [-0.4, -0.2) is 67.0 Å². The molecule has 0 aromatic heterocycles. The third-order valence-corrected chi connectivity index (χ3v) is 10.1. The fraction of sp³-hybridized carbons (Fsp3) is 0.655. The Hall–Kier alpha value is -1.95. The Kier molecular flexibility index (Phi) is 16.6. The molecular weight excluding hydrogens is 491 g/mol. The Morgan fingerprint density at radius 3 is 1.68 bits per heavy atom. The van der Waals surface area contributed by atoms with Gasteiger partial charge in [0.15, 0.2) is 0 Å². The van der Waals surface area contributed by atoms with Crippen LogP contribution in [0.15, 0.2) is 47.8 Å².